The minimum Gasteiger partial charge on any atom is -0.354 e. The molecule has 0 aliphatic heterocycles. The van der Waals surface area contributed by atoms with Gasteiger partial charge in [-0.25, -0.2) is 0 Å². The number of nitrogens with one attached hydrogen (secondary N) is 1. The Balaban J connectivity index is 2.67. The molecule has 0 spiro atoms. The highest BCUT2D eigenvalue weighted by Gasteiger charge is 2.38. The Morgan fingerprint density at radius 2 is 1.74 bits per heavy atom. The fourth-order valence-electron chi connectivity index (χ4n) is 2.86. The van der Waals surface area contributed by atoms with Crippen LogP contribution in [0.1, 0.15) is 45.4 Å². The molecule has 0 radical (unpaired) electrons. The number of ether oxygens (including phenoxy) is 2. The van der Waals surface area contributed by atoms with E-state index in [1.807, 2.05) is 6.92 Å². The quantitative estimate of drug-likeness (QED) is 0.566. The van der Waals surface area contributed by atoms with Crippen LogP contribution in [0.5, 0.6) is 0 Å². The van der Waals surface area contributed by atoms with Gasteiger partial charge in [-0.2, -0.15) is 0 Å². The zero-order valence-electron chi connectivity index (χ0n) is 12.4. The van der Waals surface area contributed by atoms with Gasteiger partial charge in [-0.1, -0.05) is 25.7 Å². The number of amides is 1. The van der Waals surface area contributed by atoms with Gasteiger partial charge in [0.15, 0.2) is 6.29 Å². The first kappa shape index (κ1) is 16.4. The van der Waals surface area contributed by atoms with Crippen LogP contribution in [0.15, 0.2) is 0 Å². The maximum absolute atomic E-state index is 12.5. The van der Waals surface area contributed by atoms with Crippen LogP contribution in [0, 0.1) is 5.41 Å². The third-order valence-corrected chi connectivity index (χ3v) is 4.16. The van der Waals surface area contributed by atoms with Crippen molar-refractivity contribution in [2.45, 2.75) is 57.8 Å². The molecule has 5 heteroatoms. The average Bonchev–Trinajstić information content (AvgIpc) is 2.66. The predicted octanol–water partition coefficient (Wildman–Crippen LogP) is 1.41. The Kier molecular flexibility index (Phi) is 6.75. The van der Waals surface area contributed by atoms with Gasteiger partial charge in [0.05, 0.1) is 11.5 Å². The highest BCUT2D eigenvalue weighted by molar-refractivity contribution is 5.83. The largest absolute Gasteiger partial charge is 0.354 e. The summed E-state index contributed by atoms with van der Waals surface area (Å²) in [6.45, 7) is 2.30. The van der Waals surface area contributed by atoms with Crippen molar-refractivity contribution in [3.63, 3.8) is 0 Å². The first-order valence-electron chi connectivity index (χ1n) is 7.16. The molecule has 1 saturated carbocycles. The maximum Gasteiger partial charge on any atom is 0.227 e. The molecule has 1 fully saturated rings. The second-order valence-electron chi connectivity index (χ2n) is 5.50. The summed E-state index contributed by atoms with van der Waals surface area (Å²) >= 11 is 0. The first-order valence-corrected chi connectivity index (χ1v) is 7.16. The van der Waals surface area contributed by atoms with E-state index in [-0.39, 0.29) is 11.9 Å². The lowest BCUT2D eigenvalue weighted by atomic mass is 9.79. The second kappa shape index (κ2) is 7.82. The minimum atomic E-state index is -0.426. The number of carbonyl (C=O) groups excluding carboxylic acids is 1. The van der Waals surface area contributed by atoms with Gasteiger partial charge >= 0.3 is 0 Å². The molecule has 112 valence electrons. The SMILES string of the molecule is COC(OC)C(C)NC(=O)C1(CN)CCCCCC1. The molecule has 0 heterocycles. The van der Waals surface area contributed by atoms with Crippen LogP contribution < -0.4 is 11.1 Å². The zero-order valence-corrected chi connectivity index (χ0v) is 12.4. The summed E-state index contributed by atoms with van der Waals surface area (Å²) < 4.78 is 10.3. The third-order valence-electron chi connectivity index (χ3n) is 4.16. The van der Waals surface area contributed by atoms with Crippen LogP contribution in [0.2, 0.25) is 0 Å². The van der Waals surface area contributed by atoms with Crippen LogP contribution in [0.25, 0.3) is 0 Å². The van der Waals surface area contributed by atoms with Gasteiger partial charge in [0.25, 0.3) is 0 Å². The highest BCUT2D eigenvalue weighted by Crippen LogP contribution is 2.34. The van der Waals surface area contributed by atoms with Crippen LogP contribution in [-0.4, -0.2) is 39.0 Å². The lowest BCUT2D eigenvalue weighted by molar-refractivity contribution is -0.143. The Bertz CT molecular complexity index is 272. The minimum absolute atomic E-state index is 0.0449. The number of carbonyl (C=O) groups is 1. The molecule has 1 aliphatic carbocycles. The van der Waals surface area contributed by atoms with E-state index in [0.717, 1.165) is 25.7 Å². The van der Waals surface area contributed by atoms with Crippen molar-refractivity contribution < 1.29 is 14.3 Å². The standard InChI is InChI=1S/C14H28N2O3/c1-11(12(18-2)19-3)16-13(17)14(10-15)8-6-4-5-7-9-14/h11-12H,4-10,15H2,1-3H3,(H,16,17). The topological polar surface area (TPSA) is 73.6 Å². The molecular formula is C14H28N2O3. The van der Waals surface area contributed by atoms with E-state index in [1.165, 1.54) is 12.8 Å². The summed E-state index contributed by atoms with van der Waals surface area (Å²) in [5.74, 6) is 0.0449. The van der Waals surface area contributed by atoms with Crippen LogP contribution >= 0.6 is 0 Å². The van der Waals surface area contributed by atoms with Crippen molar-refractivity contribution >= 4 is 5.91 Å². The molecule has 0 bridgehead atoms. The lowest BCUT2D eigenvalue weighted by Gasteiger charge is -2.32. The molecule has 0 aromatic rings. The lowest BCUT2D eigenvalue weighted by Crippen LogP contribution is -2.52. The van der Waals surface area contributed by atoms with Crippen molar-refractivity contribution in [1.82, 2.24) is 5.32 Å². The van der Waals surface area contributed by atoms with Crippen LogP contribution in [0.3, 0.4) is 0 Å². The molecule has 0 aromatic heterocycles. The third kappa shape index (κ3) is 4.16. The summed E-state index contributed by atoms with van der Waals surface area (Å²) in [4.78, 5) is 12.5. The van der Waals surface area contributed by atoms with Gasteiger partial charge in [-0.15, -0.1) is 0 Å². The zero-order chi connectivity index (χ0) is 14.3. The number of rotatable bonds is 6. The fourth-order valence-corrected chi connectivity index (χ4v) is 2.86. The van der Waals surface area contributed by atoms with E-state index in [4.69, 9.17) is 15.2 Å². The number of methoxy groups -OCH3 is 2. The van der Waals surface area contributed by atoms with Crippen molar-refractivity contribution in [3.8, 4) is 0 Å². The summed E-state index contributed by atoms with van der Waals surface area (Å²) in [7, 11) is 3.14. The van der Waals surface area contributed by atoms with E-state index >= 15 is 0 Å². The average molecular weight is 272 g/mol. The maximum atomic E-state index is 12.5. The molecule has 1 atom stereocenters. The highest BCUT2D eigenvalue weighted by atomic mass is 16.7. The molecule has 19 heavy (non-hydrogen) atoms. The Labute approximate surface area is 116 Å². The summed E-state index contributed by atoms with van der Waals surface area (Å²) in [5.41, 5.74) is 5.50. The molecule has 0 aromatic carbocycles. The van der Waals surface area contributed by atoms with Crippen LogP contribution in [0.4, 0.5) is 0 Å². The molecule has 3 N–H and O–H groups in total. The molecule has 0 saturated heterocycles. The first-order chi connectivity index (χ1) is 9.09. The molecule has 1 amide bonds. The van der Waals surface area contributed by atoms with E-state index in [1.54, 1.807) is 14.2 Å². The predicted molar refractivity (Wildman–Crippen MR) is 74.6 cm³/mol. The molecule has 1 rings (SSSR count). The summed E-state index contributed by atoms with van der Waals surface area (Å²) in [5, 5.41) is 3.00. The van der Waals surface area contributed by atoms with Gasteiger partial charge < -0.3 is 20.5 Å². The molecule has 1 aliphatic rings. The molecular weight excluding hydrogens is 244 g/mol. The smallest absolute Gasteiger partial charge is 0.227 e. The second-order valence-corrected chi connectivity index (χ2v) is 5.50. The number of hydrogen-bond donors (Lipinski definition) is 2. The number of hydrogen-bond acceptors (Lipinski definition) is 4. The normalized spacial score (nSPS) is 20.9. The van der Waals surface area contributed by atoms with Gasteiger partial charge in [0, 0.05) is 20.8 Å². The van der Waals surface area contributed by atoms with Crippen molar-refractivity contribution in [3.05, 3.63) is 0 Å². The van der Waals surface area contributed by atoms with Gasteiger partial charge in [0.1, 0.15) is 0 Å². The van der Waals surface area contributed by atoms with Gasteiger partial charge in [-0.3, -0.25) is 4.79 Å². The van der Waals surface area contributed by atoms with Gasteiger partial charge in [-0.05, 0) is 19.8 Å². The Morgan fingerprint density at radius 1 is 1.21 bits per heavy atom. The van der Waals surface area contributed by atoms with Gasteiger partial charge in [0.2, 0.25) is 5.91 Å². The van der Waals surface area contributed by atoms with E-state index < -0.39 is 11.7 Å². The summed E-state index contributed by atoms with van der Waals surface area (Å²) in [6, 6.07) is -0.186. The van der Waals surface area contributed by atoms with Crippen molar-refractivity contribution in [1.29, 1.82) is 0 Å². The van der Waals surface area contributed by atoms with Crippen LogP contribution in [-0.2, 0) is 14.3 Å². The fraction of sp³-hybridized carbons (Fsp3) is 0.929. The number of nitrogens with two attached hydrogens (primary N) is 1. The van der Waals surface area contributed by atoms with E-state index in [9.17, 15) is 4.79 Å². The van der Waals surface area contributed by atoms with Crippen molar-refractivity contribution in [2.24, 2.45) is 11.1 Å². The van der Waals surface area contributed by atoms with E-state index in [0.29, 0.717) is 6.54 Å². The molecule has 5 nitrogen and oxygen atoms in total. The Morgan fingerprint density at radius 3 is 2.16 bits per heavy atom. The van der Waals surface area contributed by atoms with E-state index in [2.05, 4.69) is 5.32 Å². The Hall–Kier alpha value is -0.650. The summed E-state index contributed by atoms with van der Waals surface area (Å²) in [6.07, 6.45) is 5.89. The molecule has 1 unspecified atom stereocenters. The van der Waals surface area contributed by atoms with Crippen molar-refractivity contribution in [2.75, 3.05) is 20.8 Å². The monoisotopic (exact) mass is 272 g/mol.